The van der Waals surface area contributed by atoms with Crippen LogP contribution in [0.2, 0.25) is 0 Å². The Hall–Kier alpha value is -2.34. The topological polar surface area (TPSA) is 128 Å². The summed E-state index contributed by atoms with van der Waals surface area (Å²) in [5.41, 5.74) is 0.771. The predicted molar refractivity (Wildman–Crippen MR) is 146 cm³/mol. The molecule has 0 amide bonds. The number of aliphatic hydroxyl groups is 1. The molecule has 2 fully saturated rings. The number of carbonyl (C=O) groups is 1. The molecule has 216 valence electrons. The van der Waals surface area contributed by atoms with E-state index in [-0.39, 0.29) is 23.8 Å². The van der Waals surface area contributed by atoms with E-state index < -0.39 is 23.2 Å². The van der Waals surface area contributed by atoms with E-state index in [1.807, 2.05) is 36.6 Å². The number of nitrogens with one attached hydrogen (secondary N) is 1. The normalized spacial score (nSPS) is 24.2. The second kappa shape index (κ2) is 13.3. The summed E-state index contributed by atoms with van der Waals surface area (Å²) in [6.45, 7) is 6.48. The highest BCUT2D eigenvalue weighted by Gasteiger charge is 2.42. The molecule has 4 rings (SSSR count). The number of carboxylic acid groups (broad SMARTS) is 1. The zero-order valence-electron chi connectivity index (χ0n) is 23.2. The number of nitrogens with zero attached hydrogens (tertiary/aromatic N) is 1. The van der Waals surface area contributed by atoms with Crippen molar-refractivity contribution in [2.45, 2.75) is 82.4 Å². The fourth-order valence-corrected chi connectivity index (χ4v) is 5.29. The highest BCUT2D eigenvalue weighted by molar-refractivity contribution is 5.92. The van der Waals surface area contributed by atoms with E-state index in [1.54, 1.807) is 7.11 Å². The first-order valence-corrected chi connectivity index (χ1v) is 13.9. The lowest BCUT2D eigenvalue weighted by molar-refractivity contribution is -0.143. The number of aromatic carboxylic acids is 1. The van der Waals surface area contributed by atoms with E-state index in [2.05, 4.69) is 5.32 Å². The Bertz CT molecular complexity index is 1180. The van der Waals surface area contributed by atoms with Gasteiger partial charge in [0.25, 0.3) is 0 Å². The molecule has 1 aromatic carbocycles. The van der Waals surface area contributed by atoms with Crippen LogP contribution in [0.15, 0.2) is 29.2 Å². The van der Waals surface area contributed by atoms with Crippen molar-refractivity contribution in [3.63, 3.8) is 0 Å². The first-order valence-electron chi connectivity index (χ1n) is 13.9. The molecule has 39 heavy (non-hydrogen) atoms. The number of aromatic nitrogens is 1. The molecule has 10 nitrogen and oxygen atoms in total. The van der Waals surface area contributed by atoms with Crippen LogP contribution in [0.5, 0.6) is 0 Å². The molecule has 2 aliphatic rings. The summed E-state index contributed by atoms with van der Waals surface area (Å²) >= 11 is 0. The molecule has 0 spiro atoms. The quantitative estimate of drug-likeness (QED) is 0.228. The SMILES string of the molecule is CO[C@]1(C)CCO[C@@H](C)[C@@H]1NC(O)CCOCCOCCCc1ccc2c(c1)c(=O)c(C(=O)O)cn2C1CC1. The van der Waals surface area contributed by atoms with Crippen LogP contribution < -0.4 is 10.7 Å². The van der Waals surface area contributed by atoms with E-state index in [4.69, 9.17) is 18.9 Å². The third-order valence-corrected chi connectivity index (χ3v) is 7.87. The van der Waals surface area contributed by atoms with Gasteiger partial charge in [0.05, 0.1) is 43.1 Å². The molecule has 2 heterocycles. The molecule has 2 aromatic rings. The Morgan fingerprint density at radius 2 is 1.97 bits per heavy atom. The molecule has 1 aliphatic heterocycles. The minimum Gasteiger partial charge on any atom is -0.477 e. The number of aryl methyl sites for hydroxylation is 1. The maximum atomic E-state index is 12.8. The lowest BCUT2D eigenvalue weighted by atomic mass is 9.86. The maximum absolute atomic E-state index is 12.8. The van der Waals surface area contributed by atoms with Crippen LogP contribution in [0.3, 0.4) is 0 Å². The van der Waals surface area contributed by atoms with Gasteiger partial charge in [-0.3, -0.25) is 10.1 Å². The Labute approximate surface area is 229 Å². The molecule has 4 atom stereocenters. The van der Waals surface area contributed by atoms with Crippen molar-refractivity contribution >= 4 is 16.9 Å². The molecule has 3 N–H and O–H groups in total. The fraction of sp³-hybridized carbons (Fsp3) is 0.655. The monoisotopic (exact) mass is 546 g/mol. The number of ether oxygens (including phenoxy) is 4. The number of hydrogen-bond donors (Lipinski definition) is 3. The number of pyridine rings is 1. The summed E-state index contributed by atoms with van der Waals surface area (Å²) in [5, 5.41) is 23.6. The van der Waals surface area contributed by atoms with E-state index >= 15 is 0 Å². The molecule has 1 aliphatic carbocycles. The zero-order chi connectivity index (χ0) is 28.0. The smallest absolute Gasteiger partial charge is 0.341 e. The first-order chi connectivity index (χ1) is 18.7. The largest absolute Gasteiger partial charge is 0.477 e. The average Bonchev–Trinajstić information content (AvgIpc) is 3.75. The van der Waals surface area contributed by atoms with Crippen molar-refractivity contribution in [3.05, 3.63) is 45.7 Å². The van der Waals surface area contributed by atoms with Crippen LogP contribution in [0.1, 0.15) is 67.9 Å². The maximum Gasteiger partial charge on any atom is 0.341 e. The molecular weight excluding hydrogens is 504 g/mol. The predicted octanol–water partition coefficient (Wildman–Crippen LogP) is 2.88. The molecule has 0 radical (unpaired) electrons. The summed E-state index contributed by atoms with van der Waals surface area (Å²) in [7, 11) is 1.69. The van der Waals surface area contributed by atoms with Gasteiger partial charge in [-0.2, -0.15) is 0 Å². The van der Waals surface area contributed by atoms with Gasteiger partial charge in [-0.1, -0.05) is 6.07 Å². The molecule has 1 saturated carbocycles. The van der Waals surface area contributed by atoms with Crippen LogP contribution in [0.25, 0.3) is 10.9 Å². The van der Waals surface area contributed by atoms with Crippen molar-refractivity contribution < 1.29 is 34.0 Å². The highest BCUT2D eigenvalue weighted by atomic mass is 16.5. The van der Waals surface area contributed by atoms with Gasteiger partial charge in [0.1, 0.15) is 11.8 Å². The molecule has 1 unspecified atom stereocenters. The number of aliphatic hydroxyl groups excluding tert-OH is 1. The summed E-state index contributed by atoms with van der Waals surface area (Å²) in [5.74, 6) is -1.19. The summed E-state index contributed by atoms with van der Waals surface area (Å²) < 4.78 is 24.7. The Kier molecular flexibility index (Phi) is 10.1. The number of methoxy groups -OCH3 is 1. The molecule has 0 bridgehead atoms. The molecule has 1 saturated heterocycles. The van der Waals surface area contributed by atoms with E-state index in [1.165, 1.54) is 6.20 Å². The van der Waals surface area contributed by atoms with Gasteiger partial charge < -0.3 is 33.7 Å². The Balaban J connectivity index is 1.14. The van der Waals surface area contributed by atoms with Crippen LogP contribution >= 0.6 is 0 Å². The van der Waals surface area contributed by atoms with Gasteiger partial charge >= 0.3 is 5.97 Å². The fourth-order valence-electron chi connectivity index (χ4n) is 5.29. The summed E-state index contributed by atoms with van der Waals surface area (Å²) in [6.07, 6.45) is 5.39. The van der Waals surface area contributed by atoms with Crippen molar-refractivity contribution in [2.75, 3.05) is 40.1 Å². The highest BCUT2D eigenvalue weighted by Crippen LogP contribution is 2.37. The lowest BCUT2D eigenvalue weighted by Crippen LogP contribution is -2.62. The van der Waals surface area contributed by atoms with Gasteiger partial charge in [0, 0.05) is 50.8 Å². The lowest BCUT2D eigenvalue weighted by Gasteiger charge is -2.45. The van der Waals surface area contributed by atoms with Gasteiger partial charge in [-0.05, 0) is 57.2 Å². The van der Waals surface area contributed by atoms with Crippen LogP contribution in [-0.4, -0.2) is 84.9 Å². The van der Waals surface area contributed by atoms with Gasteiger partial charge in [0.2, 0.25) is 5.43 Å². The van der Waals surface area contributed by atoms with Crippen molar-refractivity contribution in [2.24, 2.45) is 0 Å². The minimum absolute atomic E-state index is 0.0639. The minimum atomic E-state index is -1.19. The van der Waals surface area contributed by atoms with Crippen molar-refractivity contribution in [1.29, 1.82) is 0 Å². The average molecular weight is 547 g/mol. The van der Waals surface area contributed by atoms with Crippen LogP contribution in [0.4, 0.5) is 0 Å². The molecule has 10 heteroatoms. The van der Waals surface area contributed by atoms with Crippen LogP contribution in [0, 0.1) is 0 Å². The summed E-state index contributed by atoms with van der Waals surface area (Å²) in [4.78, 5) is 24.3. The number of carboxylic acids is 1. The second-order valence-electron chi connectivity index (χ2n) is 10.8. The van der Waals surface area contributed by atoms with E-state index in [9.17, 15) is 19.8 Å². The number of hydrogen-bond acceptors (Lipinski definition) is 8. The van der Waals surface area contributed by atoms with Crippen LogP contribution in [-0.2, 0) is 25.4 Å². The van der Waals surface area contributed by atoms with Gasteiger partial charge in [0.15, 0.2) is 0 Å². The third-order valence-electron chi connectivity index (χ3n) is 7.87. The van der Waals surface area contributed by atoms with Crippen molar-refractivity contribution in [1.82, 2.24) is 9.88 Å². The molecule has 1 aromatic heterocycles. The van der Waals surface area contributed by atoms with Gasteiger partial charge in [-0.25, -0.2) is 4.79 Å². The first kappa shape index (κ1) is 29.6. The number of rotatable bonds is 15. The summed E-state index contributed by atoms with van der Waals surface area (Å²) in [6, 6.07) is 5.90. The van der Waals surface area contributed by atoms with Gasteiger partial charge in [-0.15, -0.1) is 0 Å². The second-order valence-corrected chi connectivity index (χ2v) is 10.8. The van der Waals surface area contributed by atoms with Crippen molar-refractivity contribution in [3.8, 4) is 0 Å². The molecular formula is C29H42N2O8. The number of benzene rings is 1. The van der Waals surface area contributed by atoms with E-state index in [0.29, 0.717) is 44.8 Å². The van der Waals surface area contributed by atoms with E-state index in [0.717, 1.165) is 43.2 Å². The number of fused-ring (bicyclic) bond motifs is 1. The Morgan fingerprint density at radius 3 is 2.67 bits per heavy atom. The standard InChI is InChI=1S/C29H42N2O8/c1-19-27(29(2,36-3)11-14-39-19)30-25(32)10-13-38-16-15-37-12-4-5-20-6-9-24-22(17-20)26(33)23(28(34)35)18-31(24)21-7-8-21/h6,9,17-19,21,25,27,30,32H,4-5,7-8,10-16H2,1-3H3,(H,34,35)/t19-,25?,27-,29+/m0/s1. The third kappa shape index (κ3) is 7.45. The zero-order valence-corrected chi connectivity index (χ0v) is 23.2. The Morgan fingerprint density at radius 1 is 1.23 bits per heavy atom.